The molecule has 3 rings (SSSR count). The van der Waals surface area contributed by atoms with E-state index in [0.717, 1.165) is 0 Å². The second-order valence-electron chi connectivity index (χ2n) is 4.68. The number of fused-ring (bicyclic) bond motifs is 1. The molecule has 1 aliphatic heterocycles. The number of carbonyl (C=O) groups is 1. The van der Waals surface area contributed by atoms with Crippen molar-refractivity contribution in [1.82, 2.24) is 0 Å². The standard InChI is InChI=1S/C16H12O5/c17-9-16(20)13-11(18)7-4-8-12(13)21-14(15(16)19)10-5-2-1-3-6-10/h1-9,18-20H. The van der Waals surface area contributed by atoms with Gasteiger partial charge in [0.25, 0.3) is 0 Å². The number of carbonyl (C=O) groups excluding carboxylic acids is 1. The predicted molar refractivity (Wildman–Crippen MR) is 74.7 cm³/mol. The number of aldehydes is 1. The van der Waals surface area contributed by atoms with E-state index in [4.69, 9.17) is 4.74 Å². The first-order chi connectivity index (χ1) is 10.1. The van der Waals surface area contributed by atoms with Crippen molar-refractivity contribution in [1.29, 1.82) is 0 Å². The number of ether oxygens (including phenoxy) is 1. The zero-order chi connectivity index (χ0) is 15.0. The zero-order valence-corrected chi connectivity index (χ0v) is 10.9. The van der Waals surface area contributed by atoms with Crippen LogP contribution in [0, 0.1) is 0 Å². The van der Waals surface area contributed by atoms with Crippen LogP contribution in [0.1, 0.15) is 11.1 Å². The molecule has 5 nitrogen and oxygen atoms in total. The van der Waals surface area contributed by atoms with E-state index in [1.54, 1.807) is 30.3 Å². The number of aliphatic hydroxyl groups excluding tert-OH is 1. The predicted octanol–water partition coefficient (Wildman–Crippen LogP) is 2.10. The van der Waals surface area contributed by atoms with Crippen LogP contribution in [-0.2, 0) is 10.4 Å². The smallest absolute Gasteiger partial charge is 0.213 e. The number of hydrogen-bond acceptors (Lipinski definition) is 5. The minimum Gasteiger partial charge on any atom is -0.507 e. The van der Waals surface area contributed by atoms with Crippen LogP contribution >= 0.6 is 0 Å². The summed E-state index contributed by atoms with van der Waals surface area (Å²) in [7, 11) is 0. The van der Waals surface area contributed by atoms with Crippen LogP contribution in [0.4, 0.5) is 0 Å². The fraction of sp³-hybridized carbons (Fsp3) is 0.0625. The van der Waals surface area contributed by atoms with Crippen molar-refractivity contribution >= 4 is 12.0 Å². The minimum absolute atomic E-state index is 0.0247. The average molecular weight is 284 g/mol. The normalized spacial score (nSPS) is 20.6. The molecule has 0 saturated carbocycles. The van der Waals surface area contributed by atoms with E-state index in [9.17, 15) is 20.1 Å². The molecule has 0 bridgehead atoms. The van der Waals surface area contributed by atoms with Crippen molar-refractivity contribution in [2.24, 2.45) is 0 Å². The Kier molecular flexibility index (Phi) is 2.92. The molecule has 1 heterocycles. The van der Waals surface area contributed by atoms with Crippen molar-refractivity contribution in [2.75, 3.05) is 0 Å². The van der Waals surface area contributed by atoms with E-state index in [1.807, 2.05) is 0 Å². The lowest BCUT2D eigenvalue weighted by Gasteiger charge is -2.31. The van der Waals surface area contributed by atoms with Crippen LogP contribution in [0.2, 0.25) is 0 Å². The molecule has 3 N–H and O–H groups in total. The average Bonchev–Trinajstić information content (AvgIpc) is 2.51. The highest BCUT2D eigenvalue weighted by Gasteiger charge is 2.45. The summed E-state index contributed by atoms with van der Waals surface area (Å²) in [6.45, 7) is 0. The molecule has 5 heteroatoms. The van der Waals surface area contributed by atoms with Gasteiger partial charge in [-0.1, -0.05) is 36.4 Å². The van der Waals surface area contributed by atoms with Gasteiger partial charge in [0, 0.05) is 5.56 Å². The number of phenolic OH excluding ortho intramolecular Hbond substituents is 1. The van der Waals surface area contributed by atoms with Gasteiger partial charge in [0.15, 0.2) is 17.8 Å². The fourth-order valence-electron chi connectivity index (χ4n) is 2.34. The van der Waals surface area contributed by atoms with E-state index in [-0.39, 0.29) is 29.1 Å². The first-order valence-electron chi connectivity index (χ1n) is 6.26. The summed E-state index contributed by atoms with van der Waals surface area (Å²) in [6.07, 6.45) is 0.173. The van der Waals surface area contributed by atoms with Crippen LogP contribution < -0.4 is 4.74 Å². The quantitative estimate of drug-likeness (QED) is 0.735. The molecule has 0 saturated heterocycles. The molecule has 2 aromatic carbocycles. The summed E-state index contributed by atoms with van der Waals surface area (Å²) in [5.74, 6) is -0.900. The van der Waals surface area contributed by atoms with Gasteiger partial charge in [-0.2, -0.15) is 0 Å². The molecule has 0 fully saturated rings. The Balaban J connectivity index is 2.27. The van der Waals surface area contributed by atoms with Crippen LogP contribution in [0.25, 0.3) is 5.76 Å². The lowest BCUT2D eigenvalue weighted by atomic mass is 9.88. The highest BCUT2D eigenvalue weighted by Crippen LogP contribution is 2.46. The summed E-state index contributed by atoms with van der Waals surface area (Å²) in [6, 6.07) is 12.9. The summed E-state index contributed by atoms with van der Waals surface area (Å²) in [5.41, 5.74) is -2.01. The second-order valence-corrected chi connectivity index (χ2v) is 4.68. The lowest BCUT2D eigenvalue weighted by molar-refractivity contribution is -0.124. The summed E-state index contributed by atoms with van der Waals surface area (Å²) < 4.78 is 5.56. The Hall–Kier alpha value is -2.79. The summed E-state index contributed by atoms with van der Waals surface area (Å²) in [5, 5.41) is 30.6. The van der Waals surface area contributed by atoms with Crippen LogP contribution in [0.15, 0.2) is 54.3 Å². The molecule has 0 amide bonds. The summed E-state index contributed by atoms with van der Waals surface area (Å²) >= 11 is 0. The Labute approximate surface area is 120 Å². The molecule has 0 aromatic heterocycles. The van der Waals surface area contributed by atoms with Crippen molar-refractivity contribution in [3.63, 3.8) is 0 Å². The molecule has 1 atom stereocenters. The van der Waals surface area contributed by atoms with E-state index in [2.05, 4.69) is 0 Å². The Morgan fingerprint density at radius 2 is 1.71 bits per heavy atom. The first kappa shape index (κ1) is 13.2. The number of aliphatic hydroxyl groups is 2. The van der Waals surface area contributed by atoms with Crippen LogP contribution in [0.3, 0.4) is 0 Å². The molecule has 2 aromatic rings. The van der Waals surface area contributed by atoms with Gasteiger partial charge in [0.1, 0.15) is 11.5 Å². The van der Waals surface area contributed by atoms with Gasteiger partial charge < -0.3 is 20.1 Å². The number of aromatic hydroxyl groups is 1. The Morgan fingerprint density at radius 1 is 1.00 bits per heavy atom. The molecule has 0 aliphatic carbocycles. The van der Waals surface area contributed by atoms with Crippen LogP contribution in [-0.4, -0.2) is 21.6 Å². The van der Waals surface area contributed by atoms with Crippen molar-refractivity contribution < 1.29 is 24.9 Å². The van der Waals surface area contributed by atoms with E-state index < -0.39 is 11.4 Å². The monoisotopic (exact) mass is 284 g/mol. The molecule has 21 heavy (non-hydrogen) atoms. The summed E-state index contributed by atoms with van der Waals surface area (Å²) in [4.78, 5) is 11.4. The van der Waals surface area contributed by atoms with Gasteiger partial charge in [-0.25, -0.2) is 0 Å². The first-order valence-corrected chi connectivity index (χ1v) is 6.26. The second kappa shape index (κ2) is 4.64. The molecule has 1 aliphatic rings. The van der Waals surface area contributed by atoms with Gasteiger partial charge in [0.2, 0.25) is 5.60 Å². The SMILES string of the molecule is O=CC1(O)C(O)=C(c2ccccc2)Oc2cccc(O)c21. The third-order valence-electron chi connectivity index (χ3n) is 3.38. The molecular weight excluding hydrogens is 272 g/mol. The number of benzene rings is 2. The molecule has 1 unspecified atom stereocenters. The molecular formula is C16H12O5. The van der Waals surface area contributed by atoms with Crippen LogP contribution in [0.5, 0.6) is 11.5 Å². The maximum Gasteiger partial charge on any atom is 0.213 e. The third-order valence-corrected chi connectivity index (χ3v) is 3.38. The van der Waals surface area contributed by atoms with Crippen molar-refractivity contribution in [3.05, 3.63) is 65.4 Å². The minimum atomic E-state index is -2.34. The highest BCUT2D eigenvalue weighted by molar-refractivity contribution is 5.82. The lowest BCUT2D eigenvalue weighted by Crippen LogP contribution is -2.35. The molecule has 106 valence electrons. The van der Waals surface area contributed by atoms with Crippen molar-refractivity contribution in [2.45, 2.75) is 5.60 Å². The highest BCUT2D eigenvalue weighted by atomic mass is 16.5. The van der Waals surface area contributed by atoms with Crippen molar-refractivity contribution in [3.8, 4) is 11.5 Å². The van der Waals surface area contributed by atoms with Gasteiger partial charge in [-0.3, -0.25) is 4.79 Å². The third kappa shape index (κ3) is 1.86. The van der Waals surface area contributed by atoms with E-state index in [0.29, 0.717) is 5.56 Å². The van der Waals surface area contributed by atoms with E-state index in [1.165, 1.54) is 18.2 Å². The maximum atomic E-state index is 11.4. The largest absolute Gasteiger partial charge is 0.507 e. The molecule has 0 radical (unpaired) electrons. The van der Waals surface area contributed by atoms with Gasteiger partial charge in [-0.15, -0.1) is 0 Å². The maximum absolute atomic E-state index is 11.4. The Morgan fingerprint density at radius 3 is 2.38 bits per heavy atom. The molecule has 0 spiro atoms. The van der Waals surface area contributed by atoms with E-state index >= 15 is 0 Å². The topological polar surface area (TPSA) is 87.0 Å². The number of rotatable bonds is 2. The Bertz CT molecular complexity index is 736. The van der Waals surface area contributed by atoms with Gasteiger partial charge >= 0.3 is 0 Å². The fourth-order valence-corrected chi connectivity index (χ4v) is 2.34. The van der Waals surface area contributed by atoms with Gasteiger partial charge in [0.05, 0.1) is 5.56 Å². The number of hydrogen-bond donors (Lipinski definition) is 3. The zero-order valence-electron chi connectivity index (χ0n) is 10.9. The number of phenols is 1. The van der Waals surface area contributed by atoms with Gasteiger partial charge in [-0.05, 0) is 12.1 Å².